The average Bonchev–Trinajstić information content (AvgIpc) is 3.57. The zero-order valence-corrected chi connectivity index (χ0v) is 21.3. The summed E-state index contributed by atoms with van der Waals surface area (Å²) >= 11 is 0. The number of carbonyl (C=O) groups excluding carboxylic acids is 2. The zero-order valence-electron chi connectivity index (χ0n) is 20.5. The van der Waals surface area contributed by atoms with Gasteiger partial charge in [0.05, 0.1) is 17.6 Å². The number of aliphatic hydroxyl groups excluding tert-OH is 1. The Morgan fingerprint density at radius 1 is 0.939 bits per heavy atom. The second kappa shape index (κ2) is 12.0. The lowest BCUT2D eigenvalue weighted by Crippen LogP contribution is -2.44. The van der Waals surface area contributed by atoms with Gasteiger partial charge in [-0.25, -0.2) is 8.42 Å². The van der Waals surface area contributed by atoms with Crippen molar-refractivity contribution in [1.29, 1.82) is 0 Å². The van der Waals surface area contributed by atoms with Crippen molar-refractivity contribution in [2.45, 2.75) is 95.8 Å². The zero-order chi connectivity index (χ0) is 24.0. The SMILES string of the molecule is CC(C)CN(CCO)C(=O)C1CCC(NC(=O)CC2CCC(S(=O)(=O)CC3CC3)CC2)CC1. The molecule has 0 aromatic carbocycles. The van der Waals surface area contributed by atoms with Crippen molar-refractivity contribution in [1.82, 2.24) is 10.2 Å². The van der Waals surface area contributed by atoms with Gasteiger partial charge in [-0.05, 0) is 82.0 Å². The van der Waals surface area contributed by atoms with Crippen molar-refractivity contribution in [3.63, 3.8) is 0 Å². The quantitative estimate of drug-likeness (QED) is 0.469. The van der Waals surface area contributed by atoms with Gasteiger partial charge in [-0.2, -0.15) is 0 Å². The van der Waals surface area contributed by atoms with Crippen LogP contribution in [0.15, 0.2) is 0 Å². The molecule has 2 amide bonds. The molecule has 8 heteroatoms. The maximum absolute atomic E-state index is 12.9. The van der Waals surface area contributed by atoms with Gasteiger partial charge in [-0.15, -0.1) is 0 Å². The first-order chi connectivity index (χ1) is 15.7. The number of carbonyl (C=O) groups is 2. The topological polar surface area (TPSA) is 104 Å². The fourth-order valence-electron chi connectivity index (χ4n) is 5.59. The molecule has 190 valence electrons. The summed E-state index contributed by atoms with van der Waals surface area (Å²) in [4.78, 5) is 27.3. The highest BCUT2D eigenvalue weighted by atomic mass is 32.2. The molecule has 0 unspecified atom stereocenters. The van der Waals surface area contributed by atoms with Crippen LogP contribution in [0, 0.1) is 23.7 Å². The summed E-state index contributed by atoms with van der Waals surface area (Å²) in [5, 5.41) is 12.3. The van der Waals surface area contributed by atoms with E-state index in [2.05, 4.69) is 19.2 Å². The molecule has 0 bridgehead atoms. The predicted octanol–water partition coefficient (Wildman–Crippen LogP) is 2.91. The van der Waals surface area contributed by atoms with Gasteiger partial charge in [0, 0.05) is 31.5 Å². The van der Waals surface area contributed by atoms with Crippen molar-refractivity contribution in [3.8, 4) is 0 Å². The smallest absolute Gasteiger partial charge is 0.225 e. The van der Waals surface area contributed by atoms with Gasteiger partial charge in [0.25, 0.3) is 0 Å². The number of aliphatic hydroxyl groups is 1. The molecule has 0 spiro atoms. The normalized spacial score (nSPS) is 28.5. The molecule has 33 heavy (non-hydrogen) atoms. The van der Waals surface area contributed by atoms with Crippen LogP contribution in [-0.4, -0.2) is 67.0 Å². The largest absolute Gasteiger partial charge is 0.395 e. The molecule has 3 fully saturated rings. The van der Waals surface area contributed by atoms with Crippen LogP contribution in [0.25, 0.3) is 0 Å². The number of nitrogens with zero attached hydrogens (tertiary/aromatic N) is 1. The van der Waals surface area contributed by atoms with E-state index in [1.54, 1.807) is 4.90 Å². The van der Waals surface area contributed by atoms with Crippen LogP contribution in [0.5, 0.6) is 0 Å². The number of rotatable bonds is 11. The molecular formula is C25H44N2O5S. The molecule has 2 N–H and O–H groups in total. The molecule has 3 aliphatic rings. The minimum absolute atomic E-state index is 0.0157. The third kappa shape index (κ3) is 8.23. The summed E-state index contributed by atoms with van der Waals surface area (Å²) in [7, 11) is -2.97. The van der Waals surface area contributed by atoms with Crippen LogP contribution >= 0.6 is 0 Å². The third-order valence-corrected chi connectivity index (χ3v) is 10.1. The fourth-order valence-corrected chi connectivity index (χ4v) is 7.84. The van der Waals surface area contributed by atoms with E-state index >= 15 is 0 Å². The average molecular weight is 485 g/mol. The van der Waals surface area contributed by atoms with E-state index in [4.69, 9.17) is 0 Å². The lowest BCUT2D eigenvalue weighted by atomic mass is 9.84. The summed E-state index contributed by atoms with van der Waals surface area (Å²) in [6, 6.07) is 0.119. The molecule has 7 nitrogen and oxygen atoms in total. The van der Waals surface area contributed by atoms with E-state index in [-0.39, 0.29) is 41.5 Å². The lowest BCUT2D eigenvalue weighted by Gasteiger charge is -2.33. The van der Waals surface area contributed by atoms with E-state index in [0.29, 0.717) is 49.9 Å². The highest BCUT2D eigenvalue weighted by molar-refractivity contribution is 7.92. The highest BCUT2D eigenvalue weighted by Gasteiger charge is 2.36. The van der Waals surface area contributed by atoms with Gasteiger partial charge >= 0.3 is 0 Å². The molecule has 3 saturated carbocycles. The Balaban J connectivity index is 1.36. The first kappa shape index (κ1) is 26.5. The first-order valence-electron chi connectivity index (χ1n) is 13.1. The third-order valence-electron chi connectivity index (χ3n) is 7.65. The molecule has 3 rings (SSSR count). The van der Waals surface area contributed by atoms with Crippen molar-refractivity contribution in [2.24, 2.45) is 23.7 Å². The Labute approximate surface area is 200 Å². The summed E-state index contributed by atoms with van der Waals surface area (Å²) in [5.41, 5.74) is 0. The maximum Gasteiger partial charge on any atom is 0.225 e. The van der Waals surface area contributed by atoms with Crippen molar-refractivity contribution in [3.05, 3.63) is 0 Å². The maximum atomic E-state index is 12.9. The summed E-state index contributed by atoms with van der Waals surface area (Å²) in [6.45, 7) is 5.18. The Hall–Kier alpha value is -1.15. The van der Waals surface area contributed by atoms with Crippen LogP contribution in [0.2, 0.25) is 0 Å². The van der Waals surface area contributed by atoms with Crippen molar-refractivity contribution < 1.29 is 23.1 Å². The minimum atomic E-state index is -2.97. The van der Waals surface area contributed by atoms with Gasteiger partial charge in [0.15, 0.2) is 9.84 Å². The van der Waals surface area contributed by atoms with Crippen LogP contribution < -0.4 is 5.32 Å². The fraction of sp³-hybridized carbons (Fsp3) is 0.920. The molecule has 3 aliphatic carbocycles. The second-order valence-corrected chi connectivity index (χ2v) is 13.5. The number of sulfone groups is 1. The monoisotopic (exact) mass is 484 g/mol. The van der Waals surface area contributed by atoms with E-state index < -0.39 is 9.84 Å². The number of hydrogen-bond donors (Lipinski definition) is 2. The van der Waals surface area contributed by atoms with Crippen LogP contribution in [-0.2, 0) is 19.4 Å². The molecule has 0 saturated heterocycles. The van der Waals surface area contributed by atoms with E-state index in [1.807, 2.05) is 0 Å². The minimum Gasteiger partial charge on any atom is -0.395 e. The molecule has 0 radical (unpaired) electrons. The second-order valence-electron chi connectivity index (χ2n) is 11.1. The summed E-state index contributed by atoms with van der Waals surface area (Å²) < 4.78 is 25.0. The summed E-state index contributed by atoms with van der Waals surface area (Å²) in [5.74, 6) is 1.59. The van der Waals surface area contributed by atoms with Crippen LogP contribution in [0.3, 0.4) is 0 Å². The first-order valence-corrected chi connectivity index (χ1v) is 14.8. The van der Waals surface area contributed by atoms with Gasteiger partial charge in [0.1, 0.15) is 0 Å². The molecule has 0 aromatic rings. The van der Waals surface area contributed by atoms with Crippen molar-refractivity contribution >= 4 is 21.7 Å². The van der Waals surface area contributed by atoms with Crippen LogP contribution in [0.4, 0.5) is 0 Å². The van der Waals surface area contributed by atoms with Crippen LogP contribution in [0.1, 0.15) is 84.5 Å². The van der Waals surface area contributed by atoms with Gasteiger partial charge in [0.2, 0.25) is 11.8 Å². The molecular weight excluding hydrogens is 440 g/mol. The molecule has 0 atom stereocenters. The Morgan fingerprint density at radius 3 is 2.09 bits per heavy atom. The molecule has 0 aromatic heterocycles. The van der Waals surface area contributed by atoms with E-state index in [9.17, 15) is 23.1 Å². The van der Waals surface area contributed by atoms with Gasteiger partial charge in [-0.3, -0.25) is 9.59 Å². The standard InChI is InChI=1S/C25H44N2O5S/c1-18(2)16-27(13-14-28)25(30)21-7-9-22(10-8-21)26-24(29)15-19-5-11-23(12-6-19)33(31,32)17-20-3-4-20/h18-23,28H,3-17H2,1-2H3,(H,26,29). The lowest BCUT2D eigenvalue weighted by molar-refractivity contribution is -0.137. The van der Waals surface area contributed by atoms with Gasteiger partial charge < -0.3 is 15.3 Å². The molecule has 0 aliphatic heterocycles. The van der Waals surface area contributed by atoms with E-state index in [1.165, 1.54) is 0 Å². The number of amides is 2. The Kier molecular flexibility index (Phi) is 9.62. The van der Waals surface area contributed by atoms with Gasteiger partial charge in [-0.1, -0.05) is 13.8 Å². The summed E-state index contributed by atoms with van der Waals surface area (Å²) in [6.07, 6.45) is 8.79. The number of hydrogen-bond acceptors (Lipinski definition) is 5. The Bertz CT molecular complexity index is 749. The predicted molar refractivity (Wildman–Crippen MR) is 129 cm³/mol. The molecule has 0 heterocycles. The van der Waals surface area contributed by atoms with Crippen molar-refractivity contribution in [2.75, 3.05) is 25.4 Å². The number of nitrogens with one attached hydrogen (secondary N) is 1. The Morgan fingerprint density at radius 2 is 1.55 bits per heavy atom. The highest BCUT2D eigenvalue weighted by Crippen LogP contribution is 2.36. The van der Waals surface area contributed by atoms with E-state index in [0.717, 1.165) is 51.4 Å².